The monoisotopic (exact) mass is 344 g/mol. The van der Waals surface area contributed by atoms with Crippen LogP contribution in [0, 0.1) is 0 Å². The Hall–Kier alpha value is -0.920. The third kappa shape index (κ3) is 3.05. The van der Waals surface area contributed by atoms with Crippen molar-refractivity contribution in [2.75, 3.05) is 19.8 Å². The minimum Gasteiger partial charge on any atom is -0.378 e. The number of ether oxygens (including phenoxy) is 1. The Labute approximate surface area is 127 Å². The lowest BCUT2D eigenvalue weighted by Gasteiger charge is -2.33. The van der Waals surface area contributed by atoms with Gasteiger partial charge in [-0.25, -0.2) is 0 Å². The van der Waals surface area contributed by atoms with Gasteiger partial charge < -0.3 is 10.5 Å². The number of aryl methyl sites for hydroxylation is 2. The van der Waals surface area contributed by atoms with E-state index in [-0.39, 0.29) is 11.9 Å². The van der Waals surface area contributed by atoms with E-state index in [0.29, 0.717) is 26.3 Å². The standard InChI is InChI=1S/C13H21BrN4O2/c1-3-9-12(14)10(18(4-2)16-9)7-17-5-6-20-8-11(17)13(15)19/h11H,3-8H2,1-2H3,(H2,15,19). The first-order valence-corrected chi connectivity index (χ1v) is 7.72. The zero-order chi connectivity index (χ0) is 14.7. The van der Waals surface area contributed by atoms with Crippen molar-refractivity contribution in [1.29, 1.82) is 0 Å². The summed E-state index contributed by atoms with van der Waals surface area (Å²) in [7, 11) is 0. The van der Waals surface area contributed by atoms with Crippen LogP contribution in [0.4, 0.5) is 0 Å². The average Bonchev–Trinajstić information content (AvgIpc) is 2.75. The Morgan fingerprint density at radius 2 is 2.30 bits per heavy atom. The van der Waals surface area contributed by atoms with E-state index in [1.165, 1.54) is 0 Å². The van der Waals surface area contributed by atoms with Gasteiger partial charge in [-0.1, -0.05) is 6.92 Å². The van der Waals surface area contributed by atoms with Crippen molar-refractivity contribution in [2.24, 2.45) is 5.73 Å². The second-order valence-electron chi connectivity index (χ2n) is 4.84. The van der Waals surface area contributed by atoms with Crippen LogP contribution in [0.2, 0.25) is 0 Å². The molecular formula is C13H21BrN4O2. The molecule has 1 aliphatic rings. The van der Waals surface area contributed by atoms with E-state index in [0.717, 1.165) is 28.8 Å². The van der Waals surface area contributed by atoms with Crippen LogP contribution in [0.25, 0.3) is 0 Å². The average molecular weight is 345 g/mol. The van der Waals surface area contributed by atoms with Crippen LogP contribution in [0.5, 0.6) is 0 Å². The third-order valence-electron chi connectivity index (χ3n) is 3.61. The lowest BCUT2D eigenvalue weighted by atomic mass is 10.2. The molecule has 0 aliphatic carbocycles. The minimum atomic E-state index is -0.360. The van der Waals surface area contributed by atoms with Crippen LogP contribution in [0.1, 0.15) is 25.2 Å². The summed E-state index contributed by atoms with van der Waals surface area (Å²) in [5.41, 5.74) is 7.60. The van der Waals surface area contributed by atoms with Crippen LogP contribution in [-0.2, 0) is 29.0 Å². The van der Waals surface area contributed by atoms with Crippen molar-refractivity contribution < 1.29 is 9.53 Å². The molecule has 1 aliphatic heterocycles. The smallest absolute Gasteiger partial charge is 0.237 e. The van der Waals surface area contributed by atoms with Gasteiger partial charge in [0.1, 0.15) is 6.04 Å². The zero-order valence-electron chi connectivity index (χ0n) is 11.9. The quantitative estimate of drug-likeness (QED) is 0.861. The Bertz CT molecular complexity index is 489. The molecule has 112 valence electrons. The van der Waals surface area contributed by atoms with Crippen molar-refractivity contribution >= 4 is 21.8 Å². The highest BCUT2D eigenvalue weighted by Gasteiger charge is 2.29. The number of carbonyl (C=O) groups is 1. The summed E-state index contributed by atoms with van der Waals surface area (Å²) in [6.45, 7) is 7.30. The summed E-state index contributed by atoms with van der Waals surface area (Å²) in [4.78, 5) is 13.6. The highest BCUT2D eigenvalue weighted by molar-refractivity contribution is 9.10. The van der Waals surface area contributed by atoms with Gasteiger partial charge in [-0.2, -0.15) is 5.10 Å². The maximum absolute atomic E-state index is 11.5. The predicted octanol–water partition coefficient (Wildman–Crippen LogP) is 0.914. The summed E-state index contributed by atoms with van der Waals surface area (Å²) >= 11 is 3.63. The second-order valence-corrected chi connectivity index (χ2v) is 5.63. The predicted molar refractivity (Wildman–Crippen MR) is 79.2 cm³/mol. The Morgan fingerprint density at radius 1 is 1.55 bits per heavy atom. The maximum atomic E-state index is 11.5. The molecule has 1 aromatic rings. The van der Waals surface area contributed by atoms with Gasteiger partial charge in [0.25, 0.3) is 0 Å². The van der Waals surface area contributed by atoms with Gasteiger partial charge in [0.2, 0.25) is 5.91 Å². The fourth-order valence-electron chi connectivity index (χ4n) is 2.45. The molecule has 1 atom stereocenters. The minimum absolute atomic E-state index is 0.334. The first-order valence-electron chi connectivity index (χ1n) is 6.93. The molecule has 1 fully saturated rings. The van der Waals surface area contributed by atoms with Crippen LogP contribution >= 0.6 is 15.9 Å². The number of amides is 1. The van der Waals surface area contributed by atoms with Crippen LogP contribution in [-0.4, -0.2) is 46.4 Å². The molecule has 0 saturated carbocycles. The Balaban J connectivity index is 2.23. The number of primary amides is 1. The van der Waals surface area contributed by atoms with E-state index in [1.54, 1.807) is 0 Å². The topological polar surface area (TPSA) is 73.4 Å². The molecule has 1 saturated heterocycles. The SMILES string of the molecule is CCc1nn(CC)c(CN2CCOCC2C(N)=O)c1Br. The van der Waals surface area contributed by atoms with Crippen LogP contribution in [0.3, 0.4) is 0 Å². The third-order valence-corrected chi connectivity index (χ3v) is 4.53. The van der Waals surface area contributed by atoms with Crippen LogP contribution < -0.4 is 5.73 Å². The molecule has 1 unspecified atom stereocenters. The van der Waals surface area contributed by atoms with Crippen molar-refractivity contribution in [3.63, 3.8) is 0 Å². The van der Waals surface area contributed by atoms with Gasteiger partial charge in [-0.15, -0.1) is 0 Å². The maximum Gasteiger partial charge on any atom is 0.237 e. The van der Waals surface area contributed by atoms with E-state index in [1.807, 2.05) is 4.68 Å². The van der Waals surface area contributed by atoms with Gasteiger partial charge in [0.05, 0.1) is 29.1 Å². The fourth-order valence-corrected chi connectivity index (χ4v) is 3.14. The number of morpholine rings is 1. The van der Waals surface area contributed by atoms with Crippen LogP contribution in [0.15, 0.2) is 4.47 Å². The van der Waals surface area contributed by atoms with Gasteiger partial charge >= 0.3 is 0 Å². The molecular weight excluding hydrogens is 324 g/mol. The van der Waals surface area contributed by atoms with E-state index >= 15 is 0 Å². The first kappa shape index (κ1) is 15.5. The number of aromatic nitrogens is 2. The number of hydrogen-bond donors (Lipinski definition) is 1. The number of nitrogens with zero attached hydrogens (tertiary/aromatic N) is 3. The molecule has 0 spiro atoms. The summed E-state index contributed by atoms with van der Waals surface area (Å²) < 4.78 is 8.37. The second kappa shape index (κ2) is 6.69. The molecule has 6 nitrogen and oxygen atoms in total. The molecule has 0 radical (unpaired) electrons. The van der Waals surface area contributed by atoms with E-state index in [4.69, 9.17) is 10.5 Å². The van der Waals surface area contributed by atoms with Crippen molar-refractivity contribution in [3.8, 4) is 0 Å². The summed E-state index contributed by atoms with van der Waals surface area (Å²) in [6.07, 6.45) is 0.878. The van der Waals surface area contributed by atoms with Crippen molar-refractivity contribution in [3.05, 3.63) is 15.9 Å². The number of carbonyl (C=O) groups excluding carboxylic acids is 1. The molecule has 20 heavy (non-hydrogen) atoms. The van der Waals surface area contributed by atoms with E-state index in [2.05, 4.69) is 39.8 Å². The molecule has 0 bridgehead atoms. The number of rotatable bonds is 5. The van der Waals surface area contributed by atoms with Gasteiger partial charge in [0, 0.05) is 19.6 Å². The summed E-state index contributed by atoms with van der Waals surface area (Å²) in [5.74, 6) is -0.334. The molecule has 0 aromatic carbocycles. The lowest BCUT2D eigenvalue weighted by Crippen LogP contribution is -2.52. The first-order chi connectivity index (χ1) is 9.58. The number of hydrogen-bond acceptors (Lipinski definition) is 4. The summed E-state index contributed by atoms with van der Waals surface area (Å²) in [6, 6.07) is -0.360. The normalized spacial score (nSPS) is 20.2. The number of halogens is 1. The van der Waals surface area contributed by atoms with Gasteiger partial charge in [0.15, 0.2) is 0 Å². The molecule has 1 aromatic heterocycles. The molecule has 7 heteroatoms. The fraction of sp³-hybridized carbons (Fsp3) is 0.692. The zero-order valence-corrected chi connectivity index (χ0v) is 13.5. The molecule has 2 rings (SSSR count). The molecule has 1 amide bonds. The van der Waals surface area contributed by atoms with Crippen molar-refractivity contribution in [2.45, 2.75) is 39.4 Å². The highest BCUT2D eigenvalue weighted by atomic mass is 79.9. The molecule has 2 heterocycles. The lowest BCUT2D eigenvalue weighted by molar-refractivity contribution is -0.129. The summed E-state index contributed by atoms with van der Waals surface area (Å²) in [5, 5.41) is 4.58. The van der Waals surface area contributed by atoms with Gasteiger partial charge in [-0.05, 0) is 29.3 Å². The highest BCUT2D eigenvalue weighted by Crippen LogP contribution is 2.25. The molecule has 2 N–H and O–H groups in total. The van der Waals surface area contributed by atoms with Gasteiger partial charge in [-0.3, -0.25) is 14.4 Å². The van der Waals surface area contributed by atoms with E-state index < -0.39 is 0 Å². The number of nitrogens with two attached hydrogens (primary N) is 1. The Morgan fingerprint density at radius 3 is 2.90 bits per heavy atom. The largest absolute Gasteiger partial charge is 0.378 e. The Kier molecular flexibility index (Phi) is 5.17. The van der Waals surface area contributed by atoms with Crippen molar-refractivity contribution in [1.82, 2.24) is 14.7 Å². The van der Waals surface area contributed by atoms with E-state index in [9.17, 15) is 4.79 Å².